The van der Waals surface area contributed by atoms with Crippen LogP contribution in [0.5, 0.6) is 0 Å². The standard InChI is InChI=1S/C23H30N4O4S/c1-3-12-32(30,31)27-11-10-26(23(29)20-9-4-6-17(2)13-20)22(27)21(28)25-16-19-8-5-7-18(14-19)15-24/h4-9,13-14,22H,3,10-12,15-16,24H2,1-2H3,(H,25,28). The highest BCUT2D eigenvalue weighted by molar-refractivity contribution is 7.89. The van der Waals surface area contributed by atoms with Crippen LogP contribution >= 0.6 is 0 Å². The molecule has 2 aromatic carbocycles. The van der Waals surface area contributed by atoms with Gasteiger partial charge in [-0.1, -0.05) is 48.9 Å². The molecule has 0 aliphatic carbocycles. The summed E-state index contributed by atoms with van der Waals surface area (Å²) >= 11 is 0. The molecule has 1 atom stereocenters. The fourth-order valence-electron chi connectivity index (χ4n) is 3.85. The zero-order valence-electron chi connectivity index (χ0n) is 18.5. The van der Waals surface area contributed by atoms with Gasteiger partial charge in [0.2, 0.25) is 10.0 Å². The third-order valence-electron chi connectivity index (χ3n) is 5.40. The Labute approximate surface area is 189 Å². The summed E-state index contributed by atoms with van der Waals surface area (Å²) in [6.07, 6.45) is -0.803. The SMILES string of the molecule is CCCS(=O)(=O)N1CCN(C(=O)c2cccc(C)c2)C1C(=O)NCc1cccc(CN)c1. The van der Waals surface area contributed by atoms with E-state index in [1.165, 1.54) is 4.90 Å². The summed E-state index contributed by atoms with van der Waals surface area (Å²) in [5.74, 6) is -0.976. The van der Waals surface area contributed by atoms with E-state index in [1.807, 2.05) is 37.3 Å². The van der Waals surface area contributed by atoms with Gasteiger partial charge in [0.15, 0.2) is 6.17 Å². The van der Waals surface area contributed by atoms with Gasteiger partial charge in [-0.05, 0) is 36.6 Å². The molecule has 1 aliphatic heterocycles. The van der Waals surface area contributed by atoms with Gasteiger partial charge in [-0.3, -0.25) is 9.59 Å². The second-order valence-corrected chi connectivity index (χ2v) is 9.95. The molecule has 172 valence electrons. The van der Waals surface area contributed by atoms with E-state index in [2.05, 4.69) is 5.32 Å². The topological polar surface area (TPSA) is 113 Å². The summed E-state index contributed by atoms with van der Waals surface area (Å²) in [7, 11) is -3.69. The second-order valence-electron chi connectivity index (χ2n) is 7.91. The van der Waals surface area contributed by atoms with Crippen molar-refractivity contribution >= 4 is 21.8 Å². The molecule has 0 spiro atoms. The Kier molecular flexibility index (Phi) is 7.65. The first-order valence-electron chi connectivity index (χ1n) is 10.7. The fourth-order valence-corrected chi connectivity index (χ4v) is 5.47. The zero-order chi connectivity index (χ0) is 23.3. The first-order valence-corrected chi connectivity index (χ1v) is 12.3. The first-order chi connectivity index (χ1) is 15.3. The third kappa shape index (κ3) is 5.35. The second kappa shape index (κ2) is 10.2. The van der Waals surface area contributed by atoms with Crippen molar-refractivity contribution in [1.29, 1.82) is 0 Å². The van der Waals surface area contributed by atoms with Crippen molar-refractivity contribution in [2.75, 3.05) is 18.8 Å². The van der Waals surface area contributed by atoms with Crippen LogP contribution in [0, 0.1) is 6.92 Å². The molecule has 1 aliphatic rings. The van der Waals surface area contributed by atoms with E-state index in [4.69, 9.17) is 5.73 Å². The smallest absolute Gasteiger partial charge is 0.259 e. The molecule has 8 nitrogen and oxygen atoms in total. The van der Waals surface area contributed by atoms with E-state index < -0.39 is 22.1 Å². The quantitative estimate of drug-likeness (QED) is 0.624. The molecule has 2 aromatic rings. The van der Waals surface area contributed by atoms with E-state index in [0.717, 1.165) is 21.0 Å². The maximum Gasteiger partial charge on any atom is 0.259 e. The minimum Gasteiger partial charge on any atom is -0.349 e. The molecule has 0 aromatic heterocycles. The largest absolute Gasteiger partial charge is 0.349 e. The van der Waals surface area contributed by atoms with Crippen molar-refractivity contribution in [2.45, 2.75) is 39.5 Å². The Morgan fingerprint density at radius 2 is 1.81 bits per heavy atom. The van der Waals surface area contributed by atoms with Crippen molar-refractivity contribution in [1.82, 2.24) is 14.5 Å². The fraction of sp³-hybridized carbons (Fsp3) is 0.391. The Hall–Kier alpha value is -2.75. The van der Waals surface area contributed by atoms with Crippen molar-refractivity contribution in [3.63, 3.8) is 0 Å². The highest BCUT2D eigenvalue weighted by Gasteiger charge is 2.45. The molecule has 1 unspecified atom stereocenters. The Balaban J connectivity index is 1.86. The molecule has 0 saturated carbocycles. The Bertz CT molecular complexity index is 1090. The Morgan fingerprint density at radius 1 is 1.09 bits per heavy atom. The molecule has 3 rings (SSSR count). The number of nitrogens with two attached hydrogens (primary N) is 1. The average Bonchev–Trinajstić information content (AvgIpc) is 3.23. The van der Waals surface area contributed by atoms with Crippen molar-refractivity contribution in [3.05, 3.63) is 70.8 Å². The molecule has 2 amide bonds. The lowest BCUT2D eigenvalue weighted by molar-refractivity contribution is -0.127. The van der Waals surface area contributed by atoms with Gasteiger partial charge in [0.05, 0.1) is 5.75 Å². The van der Waals surface area contributed by atoms with Gasteiger partial charge in [0.1, 0.15) is 0 Å². The third-order valence-corrected chi connectivity index (χ3v) is 7.42. The van der Waals surface area contributed by atoms with Crippen LogP contribution in [0.4, 0.5) is 0 Å². The molecule has 9 heteroatoms. The van der Waals surface area contributed by atoms with Gasteiger partial charge in [0.25, 0.3) is 11.8 Å². The molecule has 3 N–H and O–H groups in total. The van der Waals surface area contributed by atoms with E-state index in [9.17, 15) is 18.0 Å². The van der Waals surface area contributed by atoms with E-state index >= 15 is 0 Å². The summed E-state index contributed by atoms with van der Waals surface area (Å²) in [5, 5.41) is 2.80. The minimum absolute atomic E-state index is 0.0815. The van der Waals surface area contributed by atoms with Crippen LogP contribution in [0.3, 0.4) is 0 Å². The number of hydrogen-bond acceptors (Lipinski definition) is 5. The molecule has 1 fully saturated rings. The number of nitrogens with zero attached hydrogens (tertiary/aromatic N) is 2. The maximum absolute atomic E-state index is 13.2. The molecule has 0 radical (unpaired) electrons. The summed E-state index contributed by atoms with van der Waals surface area (Å²) in [6, 6.07) is 14.5. The van der Waals surface area contributed by atoms with Gasteiger partial charge in [-0.15, -0.1) is 0 Å². The number of carbonyl (C=O) groups excluding carboxylic acids is 2. The maximum atomic E-state index is 13.2. The van der Waals surface area contributed by atoms with Gasteiger partial charge in [-0.2, -0.15) is 4.31 Å². The number of nitrogens with one attached hydrogen (secondary N) is 1. The number of rotatable bonds is 8. The van der Waals surface area contributed by atoms with Crippen LogP contribution in [0.25, 0.3) is 0 Å². The van der Waals surface area contributed by atoms with Gasteiger partial charge < -0.3 is 16.0 Å². The van der Waals surface area contributed by atoms with Crippen molar-refractivity contribution in [2.24, 2.45) is 5.73 Å². The number of amides is 2. The van der Waals surface area contributed by atoms with Crippen LogP contribution in [0.1, 0.15) is 40.4 Å². The summed E-state index contributed by atoms with van der Waals surface area (Å²) in [5.41, 5.74) is 8.79. The van der Waals surface area contributed by atoms with Crippen molar-refractivity contribution < 1.29 is 18.0 Å². The molecule has 1 heterocycles. The predicted molar refractivity (Wildman–Crippen MR) is 123 cm³/mol. The monoisotopic (exact) mass is 458 g/mol. The summed E-state index contributed by atoms with van der Waals surface area (Å²) < 4.78 is 26.9. The molecular weight excluding hydrogens is 428 g/mol. The number of aryl methyl sites for hydroxylation is 1. The highest BCUT2D eigenvalue weighted by Crippen LogP contribution is 2.23. The number of benzene rings is 2. The van der Waals surface area contributed by atoms with Gasteiger partial charge >= 0.3 is 0 Å². The first kappa shape index (κ1) is 23.9. The average molecular weight is 459 g/mol. The van der Waals surface area contributed by atoms with Crippen LogP contribution in [-0.2, 0) is 27.9 Å². The summed E-state index contributed by atoms with van der Waals surface area (Å²) in [4.78, 5) is 27.8. The zero-order valence-corrected chi connectivity index (χ0v) is 19.3. The molecular formula is C23H30N4O4S. The summed E-state index contributed by atoms with van der Waals surface area (Å²) in [6.45, 7) is 4.46. The van der Waals surface area contributed by atoms with E-state index in [1.54, 1.807) is 25.1 Å². The highest BCUT2D eigenvalue weighted by atomic mass is 32.2. The van der Waals surface area contributed by atoms with E-state index in [-0.39, 0.29) is 31.3 Å². The number of sulfonamides is 1. The van der Waals surface area contributed by atoms with Crippen LogP contribution < -0.4 is 11.1 Å². The molecule has 0 bridgehead atoms. The lowest BCUT2D eigenvalue weighted by Crippen LogP contribution is -2.54. The van der Waals surface area contributed by atoms with Crippen LogP contribution in [-0.4, -0.2) is 54.4 Å². The van der Waals surface area contributed by atoms with Crippen LogP contribution in [0.2, 0.25) is 0 Å². The lowest BCUT2D eigenvalue weighted by Gasteiger charge is -2.29. The van der Waals surface area contributed by atoms with Crippen LogP contribution in [0.15, 0.2) is 48.5 Å². The normalized spacial score (nSPS) is 16.8. The van der Waals surface area contributed by atoms with Gasteiger partial charge in [-0.25, -0.2) is 8.42 Å². The van der Waals surface area contributed by atoms with Crippen molar-refractivity contribution in [3.8, 4) is 0 Å². The Morgan fingerprint density at radius 3 is 2.50 bits per heavy atom. The lowest BCUT2D eigenvalue weighted by atomic mass is 10.1. The number of carbonyl (C=O) groups is 2. The minimum atomic E-state index is -3.69. The predicted octanol–water partition coefficient (Wildman–Crippen LogP) is 1.59. The van der Waals surface area contributed by atoms with E-state index in [0.29, 0.717) is 18.5 Å². The molecule has 32 heavy (non-hydrogen) atoms. The van der Waals surface area contributed by atoms with Gasteiger partial charge in [0, 0.05) is 31.7 Å². The molecule has 1 saturated heterocycles. The number of hydrogen-bond donors (Lipinski definition) is 2.